The summed E-state index contributed by atoms with van der Waals surface area (Å²) in [6.07, 6.45) is 9.04. The monoisotopic (exact) mass is 977 g/mol. The van der Waals surface area contributed by atoms with E-state index in [0.717, 1.165) is 99.1 Å². The van der Waals surface area contributed by atoms with Crippen LogP contribution >= 0.6 is 47.8 Å². The summed E-state index contributed by atoms with van der Waals surface area (Å²) in [7, 11) is 1.39. The van der Waals surface area contributed by atoms with E-state index in [9.17, 15) is 14.4 Å². The number of carbonyl (C=O) groups is 3. The van der Waals surface area contributed by atoms with Crippen molar-refractivity contribution in [3.63, 3.8) is 0 Å². The number of aryl methyl sites for hydroxylation is 3. The molecule has 0 saturated carbocycles. The zero-order valence-electron chi connectivity index (χ0n) is 33.1. The predicted octanol–water partition coefficient (Wildman–Crippen LogP) is 11.1. The molecule has 0 radical (unpaired) electrons. The minimum absolute atomic E-state index is 0.0161. The molecule has 9 rings (SSSR count). The van der Waals surface area contributed by atoms with Gasteiger partial charge in [-0.15, -0.1) is 0 Å². The van der Waals surface area contributed by atoms with E-state index in [1.165, 1.54) is 45.7 Å². The third-order valence-corrected chi connectivity index (χ3v) is 12.6. The maximum Gasteiger partial charge on any atom is 0.407 e. The van der Waals surface area contributed by atoms with E-state index >= 15 is 0 Å². The number of alkyl carbamates (subject to hydrolysis) is 1. The van der Waals surface area contributed by atoms with Gasteiger partial charge in [-0.1, -0.05) is 47.8 Å². The third-order valence-electron chi connectivity index (χ3n) is 11.1. The Balaban J connectivity index is 0.000000133. The van der Waals surface area contributed by atoms with Gasteiger partial charge in [0.15, 0.2) is 0 Å². The first kappa shape index (κ1) is 41.9. The van der Waals surface area contributed by atoms with Crippen molar-refractivity contribution in [1.29, 1.82) is 0 Å². The molecule has 11 nitrogen and oxygen atoms in total. The van der Waals surface area contributed by atoms with Crippen molar-refractivity contribution < 1.29 is 19.1 Å². The van der Waals surface area contributed by atoms with Crippen LogP contribution in [0.5, 0.6) is 0 Å². The average Bonchev–Trinajstić information content (AvgIpc) is 3.87. The quantitative estimate of drug-likeness (QED) is 0.0939. The summed E-state index contributed by atoms with van der Waals surface area (Å²) >= 11 is 10.6. The van der Waals surface area contributed by atoms with Crippen LogP contribution in [0.25, 0.3) is 32.7 Å². The molecule has 3 heterocycles. The van der Waals surface area contributed by atoms with Gasteiger partial charge < -0.3 is 41.0 Å². The van der Waals surface area contributed by atoms with E-state index < -0.39 is 0 Å². The number of rotatable bonds is 4. The second kappa shape index (κ2) is 18.3. The third kappa shape index (κ3) is 9.44. The highest BCUT2D eigenvalue weighted by Gasteiger charge is 2.28. The molecule has 0 saturated heterocycles. The zero-order valence-corrected chi connectivity index (χ0v) is 37.9. The molecule has 0 spiro atoms. The molecule has 306 valence electrons. The number of halogens is 3. The van der Waals surface area contributed by atoms with Gasteiger partial charge in [0.05, 0.1) is 25.2 Å². The predicted molar refractivity (Wildman–Crippen MR) is 241 cm³/mol. The molecule has 58 heavy (non-hydrogen) atoms. The number of aromatic nitrogens is 3. The Hall–Kier alpha value is -4.27. The fourth-order valence-electron chi connectivity index (χ4n) is 8.65. The van der Waals surface area contributed by atoms with E-state index in [2.05, 4.69) is 125 Å². The highest BCUT2D eigenvalue weighted by Crippen LogP contribution is 2.38. The summed E-state index contributed by atoms with van der Waals surface area (Å²) in [5.41, 5.74) is 10.9. The van der Waals surface area contributed by atoms with Gasteiger partial charge in [0.25, 0.3) is 0 Å². The van der Waals surface area contributed by atoms with Crippen molar-refractivity contribution in [3.8, 4) is 0 Å². The highest BCUT2D eigenvalue weighted by atomic mass is 79.9. The number of amides is 4. The Morgan fingerprint density at radius 2 is 1.00 bits per heavy atom. The summed E-state index contributed by atoms with van der Waals surface area (Å²) in [6.45, 7) is 5.51. The van der Waals surface area contributed by atoms with Crippen molar-refractivity contribution in [3.05, 3.63) is 102 Å². The van der Waals surface area contributed by atoms with Gasteiger partial charge >= 0.3 is 12.1 Å². The Labute approximate surface area is 363 Å². The molecular weight excluding hydrogens is 930 g/mol. The molecule has 3 unspecified atom stereocenters. The van der Waals surface area contributed by atoms with Crippen LogP contribution in [0.1, 0.15) is 111 Å². The lowest BCUT2D eigenvalue weighted by atomic mass is 9.92. The van der Waals surface area contributed by atoms with Crippen LogP contribution in [-0.2, 0) is 28.8 Å². The molecule has 14 heteroatoms. The topological polar surface area (TPSA) is 156 Å². The van der Waals surface area contributed by atoms with E-state index in [4.69, 9.17) is 0 Å². The first-order valence-electron chi connectivity index (χ1n) is 20.0. The first-order valence-corrected chi connectivity index (χ1v) is 22.3. The number of benzene rings is 3. The molecule has 6 aromatic rings. The molecule has 4 amide bonds. The van der Waals surface area contributed by atoms with E-state index in [0.29, 0.717) is 0 Å². The standard InChI is InChI=1S/C16H20BrN3O.C14H15BrN2O2.C14H15BrN2O/c1-9(2)18-16(21)20-14-5-3-4-11-12-8-10(17)6-7-13(12)19-15(11)14;1-19-14(18)17-12-4-2-3-9-10-7-8(15)5-6-11(10)16-13(9)12;1-8(18)16-13-4-2-3-10-11-7-9(15)5-6-12(11)17-14(10)13/h6-9,14,19H,3-5H2,1-2H3,(H2,18,20,21);5-7,12,16H,2-4H2,1H3,(H,17,18);5-7,13,17H,2-4H2,1H3,(H,16,18). The van der Waals surface area contributed by atoms with Gasteiger partial charge in [0, 0.05) is 76.2 Å². The van der Waals surface area contributed by atoms with Crippen molar-refractivity contribution in [1.82, 2.24) is 36.2 Å². The van der Waals surface area contributed by atoms with Crippen LogP contribution in [0.4, 0.5) is 9.59 Å². The number of carbonyl (C=O) groups excluding carboxylic acids is 3. The summed E-state index contributed by atoms with van der Waals surface area (Å²) in [4.78, 5) is 45.0. The van der Waals surface area contributed by atoms with Crippen molar-refractivity contribution >= 4 is 98.5 Å². The van der Waals surface area contributed by atoms with Crippen LogP contribution in [0.2, 0.25) is 0 Å². The minimum Gasteiger partial charge on any atom is -0.453 e. The van der Waals surface area contributed by atoms with Crippen LogP contribution in [-0.4, -0.2) is 46.1 Å². The number of aromatic amines is 3. The fourth-order valence-corrected chi connectivity index (χ4v) is 9.73. The number of hydrogen-bond donors (Lipinski definition) is 7. The zero-order chi connectivity index (χ0) is 41.1. The van der Waals surface area contributed by atoms with Crippen LogP contribution in [0.15, 0.2) is 68.0 Å². The molecule has 0 bridgehead atoms. The molecule has 3 aromatic carbocycles. The molecule has 0 aliphatic heterocycles. The summed E-state index contributed by atoms with van der Waals surface area (Å²) < 4.78 is 7.95. The first-order chi connectivity index (χ1) is 27.9. The summed E-state index contributed by atoms with van der Waals surface area (Å²) in [5, 5.41) is 15.7. The summed E-state index contributed by atoms with van der Waals surface area (Å²) in [6, 6.07) is 19.0. The maximum atomic E-state index is 12.0. The minimum atomic E-state index is -0.377. The van der Waals surface area contributed by atoms with Gasteiger partial charge in [-0.05, 0) is 143 Å². The molecule has 7 N–H and O–H groups in total. The van der Waals surface area contributed by atoms with Crippen LogP contribution < -0.4 is 21.3 Å². The Kier molecular flexibility index (Phi) is 13.2. The van der Waals surface area contributed by atoms with Crippen molar-refractivity contribution in [2.45, 2.75) is 103 Å². The van der Waals surface area contributed by atoms with Crippen molar-refractivity contribution in [2.75, 3.05) is 7.11 Å². The second-order valence-corrected chi connectivity index (χ2v) is 18.3. The molecule has 3 atom stereocenters. The molecule has 3 aromatic heterocycles. The SMILES string of the molecule is CC(=O)NC1CCCc2c1[nH]c1ccc(Br)cc21.CC(C)NC(=O)NC1CCCc2c1[nH]c1ccc(Br)cc21.COC(=O)NC1CCCc2c1[nH]c1ccc(Br)cc21. The van der Waals surface area contributed by atoms with Crippen molar-refractivity contribution in [2.24, 2.45) is 0 Å². The normalized spacial score (nSPS) is 18.2. The second-order valence-electron chi connectivity index (χ2n) is 15.6. The lowest BCUT2D eigenvalue weighted by Crippen LogP contribution is -2.42. The lowest BCUT2D eigenvalue weighted by Gasteiger charge is -2.24. The fraction of sp³-hybridized carbons (Fsp3) is 0.386. The Morgan fingerprint density at radius 1 is 0.621 bits per heavy atom. The number of hydrogen-bond acceptors (Lipinski definition) is 4. The van der Waals surface area contributed by atoms with E-state index in [1.807, 2.05) is 32.0 Å². The molecule has 3 aliphatic rings. The Bertz CT molecular complexity index is 2470. The van der Waals surface area contributed by atoms with Gasteiger partial charge in [-0.2, -0.15) is 0 Å². The van der Waals surface area contributed by atoms with Gasteiger partial charge in [-0.25, -0.2) is 9.59 Å². The van der Waals surface area contributed by atoms with E-state index in [1.54, 1.807) is 6.92 Å². The smallest absolute Gasteiger partial charge is 0.407 e. The molecular formula is C44H50Br3N7O4. The number of methoxy groups -OCH3 is 1. The number of urea groups is 1. The number of ether oxygens (including phenoxy) is 1. The number of nitrogens with one attached hydrogen (secondary N) is 7. The van der Waals surface area contributed by atoms with Crippen LogP contribution in [0.3, 0.4) is 0 Å². The molecule has 3 aliphatic carbocycles. The number of fused-ring (bicyclic) bond motifs is 9. The average molecular weight is 981 g/mol. The number of H-pyrrole nitrogens is 3. The largest absolute Gasteiger partial charge is 0.453 e. The van der Waals surface area contributed by atoms with Crippen LogP contribution in [0, 0.1) is 0 Å². The highest BCUT2D eigenvalue weighted by molar-refractivity contribution is 9.11. The van der Waals surface area contributed by atoms with Gasteiger partial charge in [0.1, 0.15) is 0 Å². The molecule has 0 fully saturated rings. The Morgan fingerprint density at radius 3 is 1.36 bits per heavy atom. The van der Waals surface area contributed by atoms with Gasteiger partial charge in [-0.3, -0.25) is 4.79 Å². The van der Waals surface area contributed by atoms with E-state index in [-0.39, 0.29) is 42.2 Å². The maximum absolute atomic E-state index is 12.0. The summed E-state index contributed by atoms with van der Waals surface area (Å²) in [5.74, 6) is 0.0349. The van der Waals surface area contributed by atoms with Gasteiger partial charge in [0.2, 0.25) is 5.91 Å². The lowest BCUT2D eigenvalue weighted by molar-refractivity contribution is -0.119.